The lowest BCUT2D eigenvalue weighted by Crippen LogP contribution is -2.16. The molecule has 1 N–H and O–H groups in total. The van der Waals surface area contributed by atoms with Gasteiger partial charge in [-0.15, -0.1) is 0 Å². The first-order chi connectivity index (χ1) is 4.83. The van der Waals surface area contributed by atoms with Gasteiger partial charge in [-0.25, -0.2) is 4.79 Å². The van der Waals surface area contributed by atoms with Gasteiger partial charge >= 0.3 is 5.97 Å². The molecule has 64 valence electrons. The molecular formula is C8H14O3. The number of carbonyl (C=O) groups is 1. The number of aliphatic carboxylic acids is 1. The quantitative estimate of drug-likeness (QED) is 0.501. The molecule has 3 heteroatoms. The second-order valence-corrected chi connectivity index (χ2v) is 3.58. The Morgan fingerprint density at radius 1 is 1.55 bits per heavy atom. The molecule has 0 aromatic carbocycles. The third kappa shape index (κ3) is 5.45. The van der Waals surface area contributed by atoms with Crippen molar-refractivity contribution < 1.29 is 14.6 Å². The van der Waals surface area contributed by atoms with E-state index in [-0.39, 0.29) is 11.2 Å². The Hall–Kier alpha value is -0.990. The van der Waals surface area contributed by atoms with Gasteiger partial charge in [-0.3, -0.25) is 0 Å². The van der Waals surface area contributed by atoms with Crippen LogP contribution in [0.2, 0.25) is 0 Å². The van der Waals surface area contributed by atoms with E-state index in [1.54, 1.807) is 0 Å². The number of carboxylic acid groups (broad SMARTS) is 1. The first-order valence-electron chi connectivity index (χ1n) is 3.38. The standard InChI is InChI=1S/C8H14O3/c1-6(7(9)10)11-5-8(2,3)4/h1,5H2,2-4H3,(H,9,10). The topological polar surface area (TPSA) is 46.5 Å². The van der Waals surface area contributed by atoms with E-state index in [9.17, 15) is 4.79 Å². The second kappa shape index (κ2) is 3.42. The predicted molar refractivity (Wildman–Crippen MR) is 42.2 cm³/mol. The molecule has 0 amide bonds. The number of rotatable bonds is 3. The second-order valence-electron chi connectivity index (χ2n) is 3.58. The zero-order chi connectivity index (χ0) is 9.07. The van der Waals surface area contributed by atoms with E-state index in [4.69, 9.17) is 9.84 Å². The van der Waals surface area contributed by atoms with E-state index in [1.165, 1.54) is 0 Å². The van der Waals surface area contributed by atoms with E-state index in [2.05, 4.69) is 6.58 Å². The Morgan fingerprint density at radius 3 is 2.27 bits per heavy atom. The Bertz CT molecular complexity index is 165. The van der Waals surface area contributed by atoms with E-state index >= 15 is 0 Å². The van der Waals surface area contributed by atoms with Gasteiger partial charge in [0.05, 0.1) is 6.61 Å². The summed E-state index contributed by atoms with van der Waals surface area (Å²) in [5, 5.41) is 8.35. The molecule has 11 heavy (non-hydrogen) atoms. The van der Waals surface area contributed by atoms with E-state index < -0.39 is 5.97 Å². The fourth-order valence-electron chi connectivity index (χ4n) is 0.365. The molecule has 0 rings (SSSR count). The molecule has 3 nitrogen and oxygen atoms in total. The normalized spacial score (nSPS) is 10.8. The largest absolute Gasteiger partial charge is 0.486 e. The molecule has 0 aliphatic carbocycles. The molecule has 0 saturated heterocycles. The minimum absolute atomic E-state index is 0.0294. The van der Waals surface area contributed by atoms with Gasteiger partial charge in [0.25, 0.3) is 0 Å². The Morgan fingerprint density at radius 2 is 2.00 bits per heavy atom. The molecule has 0 aromatic rings. The fourth-order valence-corrected chi connectivity index (χ4v) is 0.365. The van der Waals surface area contributed by atoms with Crippen molar-refractivity contribution in [1.82, 2.24) is 0 Å². The lowest BCUT2D eigenvalue weighted by atomic mass is 9.99. The highest BCUT2D eigenvalue weighted by Gasteiger charge is 2.13. The molecule has 0 aliphatic heterocycles. The van der Waals surface area contributed by atoms with Crippen molar-refractivity contribution in [2.75, 3.05) is 6.61 Å². The highest BCUT2D eigenvalue weighted by molar-refractivity contribution is 5.83. The van der Waals surface area contributed by atoms with Crippen molar-refractivity contribution in [3.63, 3.8) is 0 Å². The molecule has 0 unspecified atom stereocenters. The predicted octanol–water partition coefficient (Wildman–Crippen LogP) is 1.65. The fraction of sp³-hybridized carbons (Fsp3) is 0.625. The third-order valence-electron chi connectivity index (χ3n) is 0.918. The summed E-state index contributed by atoms with van der Waals surface area (Å²) in [5.74, 6) is -1.30. The number of hydrogen-bond acceptors (Lipinski definition) is 2. The minimum atomic E-state index is -1.10. The van der Waals surface area contributed by atoms with Crippen LogP contribution in [0.4, 0.5) is 0 Å². The van der Waals surface area contributed by atoms with Crippen LogP contribution in [0.15, 0.2) is 12.3 Å². The van der Waals surface area contributed by atoms with E-state index in [0.717, 1.165) is 0 Å². The highest BCUT2D eigenvalue weighted by Crippen LogP contribution is 2.14. The monoisotopic (exact) mass is 158 g/mol. The van der Waals surface area contributed by atoms with Crippen LogP contribution in [0, 0.1) is 5.41 Å². The summed E-state index contributed by atoms with van der Waals surface area (Å²) in [7, 11) is 0. The van der Waals surface area contributed by atoms with Crippen LogP contribution in [0.5, 0.6) is 0 Å². The molecular weight excluding hydrogens is 144 g/mol. The lowest BCUT2D eigenvalue weighted by Gasteiger charge is -2.18. The maximum absolute atomic E-state index is 10.2. The first-order valence-corrected chi connectivity index (χ1v) is 3.38. The molecule has 0 radical (unpaired) electrons. The summed E-state index contributed by atoms with van der Waals surface area (Å²) in [4.78, 5) is 10.2. The summed E-state index contributed by atoms with van der Waals surface area (Å²) in [6.45, 7) is 9.49. The van der Waals surface area contributed by atoms with E-state index in [0.29, 0.717) is 6.61 Å². The van der Waals surface area contributed by atoms with Crippen LogP contribution < -0.4 is 0 Å². The van der Waals surface area contributed by atoms with Crippen molar-refractivity contribution in [3.05, 3.63) is 12.3 Å². The molecule has 0 aromatic heterocycles. The van der Waals surface area contributed by atoms with Crippen LogP contribution in [-0.4, -0.2) is 17.7 Å². The Balaban J connectivity index is 3.73. The molecule has 0 atom stereocenters. The summed E-state index contributed by atoms with van der Waals surface area (Å²) in [6, 6.07) is 0. The molecule has 0 fully saturated rings. The maximum Gasteiger partial charge on any atom is 0.370 e. The Labute approximate surface area is 66.7 Å². The minimum Gasteiger partial charge on any atom is -0.486 e. The van der Waals surface area contributed by atoms with Gasteiger partial charge in [-0.1, -0.05) is 20.8 Å². The molecule has 0 bridgehead atoms. The summed E-state index contributed by atoms with van der Waals surface area (Å²) >= 11 is 0. The summed E-state index contributed by atoms with van der Waals surface area (Å²) in [5.41, 5.74) is -0.0294. The molecule has 0 saturated carbocycles. The van der Waals surface area contributed by atoms with Crippen molar-refractivity contribution in [2.45, 2.75) is 20.8 Å². The van der Waals surface area contributed by atoms with Crippen molar-refractivity contribution in [2.24, 2.45) is 5.41 Å². The van der Waals surface area contributed by atoms with Gasteiger partial charge in [0.15, 0.2) is 5.76 Å². The molecule has 0 heterocycles. The van der Waals surface area contributed by atoms with Crippen LogP contribution >= 0.6 is 0 Å². The van der Waals surface area contributed by atoms with Crippen LogP contribution in [-0.2, 0) is 9.53 Å². The van der Waals surface area contributed by atoms with Crippen LogP contribution in [0.25, 0.3) is 0 Å². The summed E-state index contributed by atoms with van der Waals surface area (Å²) in [6.07, 6.45) is 0. The molecule has 0 aliphatic rings. The number of hydrogen-bond donors (Lipinski definition) is 1. The number of ether oxygens (including phenoxy) is 1. The summed E-state index contributed by atoms with van der Waals surface area (Å²) < 4.78 is 4.87. The van der Waals surface area contributed by atoms with Gasteiger partial charge in [-0.05, 0) is 12.0 Å². The van der Waals surface area contributed by atoms with Crippen molar-refractivity contribution in [3.8, 4) is 0 Å². The van der Waals surface area contributed by atoms with E-state index in [1.807, 2.05) is 20.8 Å². The average Bonchev–Trinajstić information content (AvgIpc) is 1.80. The van der Waals surface area contributed by atoms with Gasteiger partial charge in [0, 0.05) is 0 Å². The zero-order valence-corrected chi connectivity index (χ0v) is 7.18. The zero-order valence-electron chi connectivity index (χ0n) is 7.18. The van der Waals surface area contributed by atoms with Crippen LogP contribution in [0.3, 0.4) is 0 Å². The first kappa shape index (κ1) is 10.0. The smallest absolute Gasteiger partial charge is 0.370 e. The van der Waals surface area contributed by atoms with Gasteiger partial charge in [-0.2, -0.15) is 0 Å². The molecule has 0 spiro atoms. The highest BCUT2D eigenvalue weighted by atomic mass is 16.5. The van der Waals surface area contributed by atoms with Crippen molar-refractivity contribution in [1.29, 1.82) is 0 Å². The average molecular weight is 158 g/mol. The van der Waals surface area contributed by atoms with Crippen molar-refractivity contribution >= 4 is 5.97 Å². The maximum atomic E-state index is 10.2. The van der Waals surface area contributed by atoms with Gasteiger partial charge in [0.1, 0.15) is 0 Å². The van der Waals surface area contributed by atoms with Gasteiger partial charge in [0.2, 0.25) is 0 Å². The van der Waals surface area contributed by atoms with Gasteiger partial charge < -0.3 is 9.84 Å². The Kier molecular flexibility index (Phi) is 3.11. The third-order valence-corrected chi connectivity index (χ3v) is 0.918. The SMILES string of the molecule is C=C(OCC(C)(C)C)C(=O)O. The number of carboxylic acids is 1. The lowest BCUT2D eigenvalue weighted by molar-refractivity contribution is -0.137. The van der Waals surface area contributed by atoms with Crippen LogP contribution in [0.1, 0.15) is 20.8 Å².